The monoisotopic (exact) mass is 381 g/mol. The van der Waals surface area contributed by atoms with Gasteiger partial charge in [0.05, 0.1) is 26.8 Å². The van der Waals surface area contributed by atoms with Crippen molar-refractivity contribution in [2.75, 3.05) is 20.3 Å². The second-order valence-electron chi connectivity index (χ2n) is 6.32. The van der Waals surface area contributed by atoms with Crippen molar-refractivity contribution < 1.29 is 23.5 Å². The van der Waals surface area contributed by atoms with Crippen molar-refractivity contribution in [2.24, 2.45) is 0 Å². The number of hydrogen-bond donors (Lipinski definition) is 0. The average Bonchev–Trinajstić information content (AvgIpc) is 3.06. The van der Waals surface area contributed by atoms with Gasteiger partial charge in [-0.15, -0.1) is 0 Å². The van der Waals surface area contributed by atoms with Crippen molar-refractivity contribution in [2.45, 2.75) is 20.0 Å². The smallest absolute Gasteiger partial charge is 0.342 e. The Morgan fingerprint density at radius 2 is 1.71 bits per heavy atom. The maximum atomic E-state index is 12.6. The zero-order valence-corrected chi connectivity index (χ0v) is 16.0. The molecule has 0 amide bonds. The molecule has 0 N–H and O–H groups in total. The Labute approximate surface area is 163 Å². The van der Waals surface area contributed by atoms with Crippen LogP contribution in [0.4, 0.5) is 0 Å². The minimum absolute atomic E-state index is 0.0741. The van der Waals surface area contributed by atoms with Crippen molar-refractivity contribution in [3.05, 3.63) is 71.5 Å². The van der Waals surface area contributed by atoms with E-state index in [9.17, 15) is 9.59 Å². The number of benzene rings is 2. The van der Waals surface area contributed by atoms with Crippen molar-refractivity contribution in [3.8, 4) is 0 Å². The third kappa shape index (κ3) is 4.58. The summed E-state index contributed by atoms with van der Waals surface area (Å²) < 4.78 is 16.0. The Morgan fingerprint density at radius 1 is 1.00 bits per heavy atom. The highest BCUT2D eigenvalue weighted by Crippen LogP contribution is 2.28. The van der Waals surface area contributed by atoms with Gasteiger partial charge in [-0.2, -0.15) is 0 Å². The van der Waals surface area contributed by atoms with E-state index in [0.717, 1.165) is 5.56 Å². The SMILES string of the molecule is CCOC(=O)c1c(CN(CC(=O)OC)Cc2ccccc2)oc2ccccc12. The third-order valence-corrected chi connectivity index (χ3v) is 4.34. The van der Waals surface area contributed by atoms with Crippen LogP contribution in [0.3, 0.4) is 0 Å². The molecule has 6 heteroatoms. The van der Waals surface area contributed by atoms with Gasteiger partial charge in [0.1, 0.15) is 16.9 Å². The first-order valence-corrected chi connectivity index (χ1v) is 9.13. The van der Waals surface area contributed by atoms with Gasteiger partial charge < -0.3 is 13.9 Å². The lowest BCUT2D eigenvalue weighted by Gasteiger charge is -2.20. The lowest BCUT2D eigenvalue weighted by atomic mass is 10.1. The molecule has 0 fully saturated rings. The first-order valence-electron chi connectivity index (χ1n) is 9.13. The van der Waals surface area contributed by atoms with Crippen LogP contribution >= 0.6 is 0 Å². The predicted octanol–water partition coefficient (Wildman–Crippen LogP) is 3.78. The van der Waals surface area contributed by atoms with Crippen LogP contribution in [0.15, 0.2) is 59.0 Å². The van der Waals surface area contributed by atoms with Gasteiger partial charge in [-0.05, 0) is 18.6 Å². The van der Waals surface area contributed by atoms with Crippen LogP contribution in [0, 0.1) is 0 Å². The molecule has 0 radical (unpaired) electrons. The maximum Gasteiger partial charge on any atom is 0.342 e. The van der Waals surface area contributed by atoms with Crippen LogP contribution in [0.1, 0.15) is 28.6 Å². The molecule has 28 heavy (non-hydrogen) atoms. The highest BCUT2D eigenvalue weighted by Gasteiger charge is 2.24. The minimum Gasteiger partial charge on any atom is -0.468 e. The van der Waals surface area contributed by atoms with E-state index in [1.165, 1.54) is 7.11 Å². The molecule has 146 valence electrons. The van der Waals surface area contributed by atoms with Crippen LogP contribution in [0.25, 0.3) is 11.0 Å². The lowest BCUT2D eigenvalue weighted by molar-refractivity contribution is -0.142. The van der Waals surface area contributed by atoms with Gasteiger partial charge in [-0.3, -0.25) is 9.69 Å². The van der Waals surface area contributed by atoms with Gasteiger partial charge in [-0.25, -0.2) is 4.79 Å². The van der Waals surface area contributed by atoms with E-state index in [1.807, 2.05) is 59.5 Å². The van der Waals surface area contributed by atoms with E-state index in [4.69, 9.17) is 13.9 Å². The summed E-state index contributed by atoms with van der Waals surface area (Å²) in [5.41, 5.74) is 2.05. The normalized spacial score (nSPS) is 11.0. The highest BCUT2D eigenvalue weighted by molar-refractivity contribution is 6.04. The second kappa shape index (κ2) is 9.19. The first-order chi connectivity index (χ1) is 13.6. The summed E-state index contributed by atoms with van der Waals surface area (Å²) in [5, 5.41) is 0.702. The number of methoxy groups -OCH3 is 1. The quantitative estimate of drug-likeness (QED) is 0.553. The van der Waals surface area contributed by atoms with Crippen LogP contribution in [-0.4, -0.2) is 37.1 Å². The third-order valence-electron chi connectivity index (χ3n) is 4.34. The van der Waals surface area contributed by atoms with E-state index < -0.39 is 5.97 Å². The molecule has 1 heterocycles. The Hall–Kier alpha value is -3.12. The fourth-order valence-electron chi connectivity index (χ4n) is 3.09. The molecule has 0 aliphatic rings. The lowest BCUT2D eigenvalue weighted by Crippen LogP contribution is -2.30. The summed E-state index contributed by atoms with van der Waals surface area (Å²) in [6.07, 6.45) is 0. The van der Waals surface area contributed by atoms with Crippen LogP contribution in [-0.2, 0) is 27.4 Å². The van der Waals surface area contributed by atoms with Crippen molar-refractivity contribution in [1.29, 1.82) is 0 Å². The molecule has 3 aromatic rings. The summed E-state index contributed by atoms with van der Waals surface area (Å²) in [4.78, 5) is 26.4. The van der Waals surface area contributed by atoms with Gasteiger partial charge in [0.15, 0.2) is 0 Å². The number of carbonyl (C=O) groups excluding carboxylic acids is 2. The van der Waals surface area contributed by atoms with Crippen LogP contribution in [0.2, 0.25) is 0 Å². The standard InChI is InChI=1S/C22H23NO5/c1-3-27-22(25)21-17-11-7-8-12-18(17)28-19(21)14-23(15-20(24)26-2)13-16-9-5-4-6-10-16/h4-12H,3,13-15H2,1-2H3. The number of esters is 2. The molecule has 0 spiro atoms. The summed E-state index contributed by atoms with van der Waals surface area (Å²) in [6.45, 7) is 2.89. The van der Waals surface area contributed by atoms with Crippen molar-refractivity contribution in [3.63, 3.8) is 0 Å². The largest absolute Gasteiger partial charge is 0.468 e. The van der Waals surface area contributed by atoms with Crippen LogP contribution < -0.4 is 0 Å². The number of hydrogen-bond acceptors (Lipinski definition) is 6. The Balaban J connectivity index is 1.94. The average molecular weight is 381 g/mol. The number of rotatable bonds is 8. The number of fused-ring (bicyclic) bond motifs is 1. The first kappa shape index (κ1) is 19.6. The zero-order chi connectivity index (χ0) is 19.9. The van der Waals surface area contributed by atoms with Gasteiger partial charge in [-0.1, -0.05) is 48.5 Å². The molecule has 0 saturated carbocycles. The molecule has 2 aromatic carbocycles. The molecule has 0 atom stereocenters. The number of nitrogens with zero attached hydrogens (tertiary/aromatic N) is 1. The molecule has 0 aliphatic heterocycles. The summed E-state index contributed by atoms with van der Waals surface area (Å²) in [6, 6.07) is 17.1. The molecular formula is C22H23NO5. The van der Waals surface area contributed by atoms with E-state index in [0.29, 0.717) is 28.8 Å². The maximum absolute atomic E-state index is 12.6. The molecule has 6 nitrogen and oxygen atoms in total. The minimum atomic E-state index is -0.430. The summed E-state index contributed by atoms with van der Waals surface area (Å²) in [7, 11) is 1.36. The second-order valence-corrected chi connectivity index (χ2v) is 6.32. The van der Waals surface area contributed by atoms with E-state index in [2.05, 4.69) is 0 Å². The molecular weight excluding hydrogens is 358 g/mol. The fraction of sp³-hybridized carbons (Fsp3) is 0.273. The Kier molecular flexibility index (Phi) is 6.45. The summed E-state index contributed by atoms with van der Waals surface area (Å²) >= 11 is 0. The van der Waals surface area contributed by atoms with Gasteiger partial charge in [0.2, 0.25) is 0 Å². The molecule has 0 aliphatic carbocycles. The topological polar surface area (TPSA) is 69.0 Å². The van der Waals surface area contributed by atoms with Gasteiger partial charge in [0.25, 0.3) is 0 Å². The van der Waals surface area contributed by atoms with E-state index in [1.54, 1.807) is 6.92 Å². The number of para-hydroxylation sites is 1. The molecule has 3 rings (SSSR count). The van der Waals surface area contributed by atoms with Gasteiger partial charge >= 0.3 is 11.9 Å². The van der Waals surface area contributed by atoms with Gasteiger partial charge in [0, 0.05) is 11.9 Å². The molecule has 1 aromatic heterocycles. The van der Waals surface area contributed by atoms with E-state index >= 15 is 0 Å². The fourth-order valence-corrected chi connectivity index (χ4v) is 3.09. The number of carbonyl (C=O) groups is 2. The predicted molar refractivity (Wildman–Crippen MR) is 105 cm³/mol. The molecule has 0 bridgehead atoms. The Bertz CT molecular complexity index is 948. The van der Waals surface area contributed by atoms with E-state index in [-0.39, 0.29) is 25.7 Å². The zero-order valence-electron chi connectivity index (χ0n) is 16.0. The number of ether oxygens (including phenoxy) is 2. The molecule has 0 saturated heterocycles. The Morgan fingerprint density at radius 3 is 2.43 bits per heavy atom. The molecule has 0 unspecified atom stereocenters. The van der Waals surface area contributed by atoms with Crippen molar-refractivity contribution >= 4 is 22.9 Å². The summed E-state index contributed by atoms with van der Waals surface area (Å²) in [5.74, 6) is -0.315. The van der Waals surface area contributed by atoms with Crippen molar-refractivity contribution in [1.82, 2.24) is 4.90 Å². The number of furan rings is 1. The van der Waals surface area contributed by atoms with Crippen LogP contribution in [0.5, 0.6) is 0 Å². The highest BCUT2D eigenvalue weighted by atomic mass is 16.5.